The Hall–Kier alpha value is -0.350. The summed E-state index contributed by atoms with van der Waals surface area (Å²) < 4.78 is 0. The Balaban J connectivity index is 2.90. The molecular formula is C12H18BrNOS. The fourth-order valence-electron chi connectivity index (χ4n) is 1.51. The third-order valence-corrected chi connectivity index (χ3v) is 4.08. The van der Waals surface area contributed by atoms with Gasteiger partial charge in [0.15, 0.2) is 0 Å². The van der Waals surface area contributed by atoms with Crippen molar-refractivity contribution >= 4 is 33.2 Å². The molecule has 0 unspecified atom stereocenters. The van der Waals surface area contributed by atoms with Crippen molar-refractivity contribution in [1.29, 1.82) is 0 Å². The zero-order valence-electron chi connectivity index (χ0n) is 10.2. The SMILES string of the molecule is Cc1cc(C(=O)N(CCBr)C(C)C)sc1C. The number of nitrogens with zero attached hydrogens (tertiary/aromatic N) is 1. The topological polar surface area (TPSA) is 20.3 Å². The summed E-state index contributed by atoms with van der Waals surface area (Å²) in [6.07, 6.45) is 0. The number of carbonyl (C=O) groups excluding carboxylic acids is 1. The second kappa shape index (κ2) is 5.82. The van der Waals surface area contributed by atoms with Crippen molar-refractivity contribution in [2.45, 2.75) is 33.7 Å². The van der Waals surface area contributed by atoms with Crippen LogP contribution in [0.4, 0.5) is 0 Å². The van der Waals surface area contributed by atoms with E-state index in [2.05, 4.69) is 22.9 Å². The zero-order chi connectivity index (χ0) is 12.3. The van der Waals surface area contributed by atoms with E-state index in [1.807, 2.05) is 31.7 Å². The first kappa shape index (κ1) is 13.7. The summed E-state index contributed by atoms with van der Waals surface area (Å²) in [6, 6.07) is 2.24. The van der Waals surface area contributed by atoms with Gasteiger partial charge in [0.1, 0.15) is 0 Å². The lowest BCUT2D eigenvalue weighted by molar-refractivity contribution is 0.0724. The van der Waals surface area contributed by atoms with Crippen LogP contribution in [0.2, 0.25) is 0 Å². The van der Waals surface area contributed by atoms with Gasteiger partial charge in [0.05, 0.1) is 4.88 Å². The van der Waals surface area contributed by atoms with E-state index >= 15 is 0 Å². The van der Waals surface area contributed by atoms with Gasteiger partial charge in [-0.3, -0.25) is 4.79 Å². The highest BCUT2D eigenvalue weighted by Crippen LogP contribution is 2.22. The van der Waals surface area contributed by atoms with Crippen LogP contribution >= 0.6 is 27.3 Å². The maximum Gasteiger partial charge on any atom is 0.264 e. The minimum Gasteiger partial charge on any atom is -0.335 e. The van der Waals surface area contributed by atoms with Crippen LogP contribution < -0.4 is 0 Å². The lowest BCUT2D eigenvalue weighted by atomic mass is 10.2. The molecule has 1 amide bonds. The highest BCUT2D eigenvalue weighted by Gasteiger charge is 2.20. The first-order valence-corrected chi connectivity index (χ1v) is 7.35. The van der Waals surface area contributed by atoms with E-state index in [4.69, 9.17) is 0 Å². The van der Waals surface area contributed by atoms with Gasteiger partial charge >= 0.3 is 0 Å². The van der Waals surface area contributed by atoms with Gasteiger partial charge in [-0.2, -0.15) is 0 Å². The van der Waals surface area contributed by atoms with Gasteiger partial charge in [0.25, 0.3) is 5.91 Å². The predicted molar refractivity (Wildman–Crippen MR) is 73.8 cm³/mol. The Labute approximate surface area is 110 Å². The van der Waals surface area contributed by atoms with E-state index in [0.717, 1.165) is 16.8 Å². The van der Waals surface area contributed by atoms with Crippen molar-refractivity contribution in [3.8, 4) is 0 Å². The van der Waals surface area contributed by atoms with Crippen molar-refractivity contribution in [3.05, 3.63) is 21.4 Å². The second-order valence-electron chi connectivity index (χ2n) is 4.13. The molecule has 16 heavy (non-hydrogen) atoms. The van der Waals surface area contributed by atoms with Crippen LogP contribution in [-0.2, 0) is 0 Å². The Morgan fingerprint density at radius 1 is 1.50 bits per heavy atom. The molecule has 0 aliphatic heterocycles. The molecule has 0 saturated carbocycles. The smallest absolute Gasteiger partial charge is 0.264 e. The molecule has 0 aliphatic carbocycles. The molecule has 0 spiro atoms. The van der Waals surface area contributed by atoms with Crippen LogP contribution in [0.5, 0.6) is 0 Å². The average molecular weight is 304 g/mol. The Morgan fingerprint density at radius 3 is 2.50 bits per heavy atom. The predicted octanol–water partition coefficient (Wildman–Crippen LogP) is 3.61. The summed E-state index contributed by atoms with van der Waals surface area (Å²) in [5, 5.41) is 0.820. The van der Waals surface area contributed by atoms with Crippen LogP contribution in [-0.4, -0.2) is 28.7 Å². The molecule has 0 atom stereocenters. The molecule has 2 nitrogen and oxygen atoms in total. The summed E-state index contributed by atoms with van der Waals surface area (Å²) in [6.45, 7) is 8.96. The maximum absolute atomic E-state index is 12.3. The first-order chi connectivity index (χ1) is 7.47. The highest BCUT2D eigenvalue weighted by atomic mass is 79.9. The Morgan fingerprint density at radius 2 is 2.12 bits per heavy atom. The van der Waals surface area contributed by atoms with Crippen molar-refractivity contribution < 1.29 is 4.79 Å². The molecule has 0 aliphatic rings. The number of hydrogen-bond acceptors (Lipinski definition) is 2. The molecule has 1 heterocycles. The van der Waals surface area contributed by atoms with Gasteiger partial charge in [-0.15, -0.1) is 11.3 Å². The third kappa shape index (κ3) is 3.08. The second-order valence-corrected chi connectivity index (χ2v) is 6.18. The molecule has 1 rings (SSSR count). The lowest BCUT2D eigenvalue weighted by Gasteiger charge is -2.25. The number of thiophene rings is 1. The first-order valence-electron chi connectivity index (χ1n) is 5.41. The van der Waals surface area contributed by atoms with Gasteiger partial charge < -0.3 is 4.90 Å². The molecule has 0 fully saturated rings. The fraction of sp³-hybridized carbons (Fsp3) is 0.583. The van der Waals surface area contributed by atoms with Crippen LogP contribution in [0.1, 0.15) is 34.0 Å². The fourth-order valence-corrected chi connectivity index (χ4v) is 2.88. The Kier molecular flexibility index (Phi) is 4.99. The normalized spacial score (nSPS) is 10.9. The molecule has 4 heteroatoms. The molecule has 0 saturated heterocycles. The number of aryl methyl sites for hydroxylation is 2. The lowest BCUT2D eigenvalue weighted by Crippen LogP contribution is -2.37. The number of alkyl halides is 1. The number of halogens is 1. The van der Waals surface area contributed by atoms with E-state index in [0.29, 0.717) is 0 Å². The van der Waals surface area contributed by atoms with Crippen molar-refractivity contribution in [2.24, 2.45) is 0 Å². The zero-order valence-corrected chi connectivity index (χ0v) is 12.6. The minimum atomic E-state index is 0.149. The average Bonchev–Trinajstić information content (AvgIpc) is 2.54. The minimum absolute atomic E-state index is 0.149. The largest absolute Gasteiger partial charge is 0.335 e. The maximum atomic E-state index is 12.3. The van der Waals surface area contributed by atoms with Crippen molar-refractivity contribution in [1.82, 2.24) is 4.90 Å². The van der Waals surface area contributed by atoms with Crippen LogP contribution in [0, 0.1) is 13.8 Å². The molecule has 0 radical (unpaired) electrons. The summed E-state index contributed by atoms with van der Waals surface area (Å²) in [7, 11) is 0. The summed E-state index contributed by atoms with van der Waals surface area (Å²) in [5.41, 5.74) is 1.20. The standard InChI is InChI=1S/C12H18BrNOS/c1-8(2)14(6-5-13)12(15)11-7-9(3)10(4)16-11/h7-8H,5-6H2,1-4H3. The van der Waals surface area contributed by atoms with Crippen molar-refractivity contribution in [2.75, 3.05) is 11.9 Å². The number of rotatable bonds is 4. The van der Waals surface area contributed by atoms with E-state index in [-0.39, 0.29) is 11.9 Å². The molecule has 0 bridgehead atoms. The monoisotopic (exact) mass is 303 g/mol. The van der Waals surface area contributed by atoms with Gasteiger partial charge in [0, 0.05) is 22.8 Å². The number of amides is 1. The van der Waals surface area contributed by atoms with Crippen LogP contribution in [0.15, 0.2) is 6.07 Å². The van der Waals surface area contributed by atoms with Gasteiger partial charge in [-0.1, -0.05) is 15.9 Å². The molecule has 0 N–H and O–H groups in total. The van der Waals surface area contributed by atoms with E-state index in [1.54, 1.807) is 11.3 Å². The number of carbonyl (C=O) groups is 1. The van der Waals surface area contributed by atoms with Gasteiger partial charge in [0.2, 0.25) is 0 Å². The van der Waals surface area contributed by atoms with Gasteiger partial charge in [-0.25, -0.2) is 0 Å². The van der Waals surface area contributed by atoms with Crippen molar-refractivity contribution in [3.63, 3.8) is 0 Å². The molecule has 1 aromatic heterocycles. The summed E-state index contributed by atoms with van der Waals surface area (Å²) >= 11 is 4.98. The molecule has 0 aromatic carbocycles. The molecule has 1 aromatic rings. The highest BCUT2D eigenvalue weighted by molar-refractivity contribution is 9.09. The Bertz CT molecular complexity index is 354. The summed E-state index contributed by atoms with van der Waals surface area (Å²) in [5.74, 6) is 0.149. The number of hydrogen-bond donors (Lipinski definition) is 0. The molecule has 90 valence electrons. The third-order valence-electron chi connectivity index (χ3n) is 2.59. The molecular weight excluding hydrogens is 286 g/mol. The van der Waals surface area contributed by atoms with E-state index in [9.17, 15) is 4.79 Å². The van der Waals surface area contributed by atoms with E-state index in [1.165, 1.54) is 10.4 Å². The van der Waals surface area contributed by atoms with E-state index < -0.39 is 0 Å². The summed E-state index contributed by atoms with van der Waals surface area (Å²) in [4.78, 5) is 16.2. The quantitative estimate of drug-likeness (QED) is 0.778. The van der Waals surface area contributed by atoms with Crippen LogP contribution in [0.25, 0.3) is 0 Å². The van der Waals surface area contributed by atoms with Crippen LogP contribution in [0.3, 0.4) is 0 Å². The van der Waals surface area contributed by atoms with Gasteiger partial charge in [-0.05, 0) is 39.3 Å².